The first-order valence-electron chi connectivity index (χ1n) is 9.01. The largest absolute Gasteiger partial charge is 0.459 e. The summed E-state index contributed by atoms with van der Waals surface area (Å²) < 4.78 is 5.92. The molecule has 1 aromatic carbocycles. The molecule has 2 heterocycles. The van der Waals surface area contributed by atoms with Gasteiger partial charge in [-0.3, -0.25) is 4.79 Å². The fourth-order valence-electron chi connectivity index (χ4n) is 3.61. The highest BCUT2D eigenvalue weighted by Gasteiger charge is 2.26. The number of benzene rings is 1. The Morgan fingerprint density at radius 3 is 2.71 bits per heavy atom. The van der Waals surface area contributed by atoms with Crippen LogP contribution in [0.15, 0.2) is 34.7 Å². The molecule has 2 atom stereocenters. The van der Waals surface area contributed by atoms with Crippen molar-refractivity contribution in [2.45, 2.75) is 39.2 Å². The summed E-state index contributed by atoms with van der Waals surface area (Å²) >= 11 is 0. The Hall–Kier alpha value is -1.81. The standard InChI is InChI=1S/C20H28N2O2/c1-14(16-8-10-21-11-9-16)12-20(23)22(3)15(2)19-13-17-6-4-5-7-18(17)24-19/h4-7,13-16,21H,8-12H2,1-3H3. The molecule has 0 radical (unpaired) electrons. The van der Waals surface area contributed by atoms with Crippen molar-refractivity contribution in [2.24, 2.45) is 11.8 Å². The molecule has 1 amide bonds. The topological polar surface area (TPSA) is 45.5 Å². The summed E-state index contributed by atoms with van der Waals surface area (Å²) in [6.07, 6.45) is 2.97. The molecule has 0 saturated carbocycles. The number of rotatable bonds is 5. The van der Waals surface area contributed by atoms with E-state index in [-0.39, 0.29) is 11.9 Å². The van der Waals surface area contributed by atoms with Crippen LogP contribution in [0.1, 0.15) is 44.9 Å². The Labute approximate surface area is 144 Å². The molecule has 0 bridgehead atoms. The zero-order valence-corrected chi connectivity index (χ0v) is 14.9. The van der Waals surface area contributed by atoms with Crippen LogP contribution in [0.25, 0.3) is 11.0 Å². The van der Waals surface area contributed by atoms with Crippen molar-refractivity contribution in [2.75, 3.05) is 20.1 Å². The van der Waals surface area contributed by atoms with Gasteiger partial charge in [0, 0.05) is 18.9 Å². The third-order valence-corrected chi connectivity index (χ3v) is 5.52. The van der Waals surface area contributed by atoms with E-state index in [4.69, 9.17) is 4.42 Å². The zero-order valence-electron chi connectivity index (χ0n) is 14.9. The summed E-state index contributed by atoms with van der Waals surface area (Å²) in [7, 11) is 1.88. The minimum atomic E-state index is -0.0508. The van der Waals surface area contributed by atoms with Crippen molar-refractivity contribution < 1.29 is 9.21 Å². The number of nitrogens with zero attached hydrogens (tertiary/aromatic N) is 1. The molecule has 0 aliphatic carbocycles. The Morgan fingerprint density at radius 1 is 1.29 bits per heavy atom. The zero-order chi connectivity index (χ0) is 17.1. The van der Waals surface area contributed by atoms with E-state index in [1.807, 2.05) is 49.2 Å². The number of fused-ring (bicyclic) bond motifs is 1. The normalized spacial score (nSPS) is 18.5. The van der Waals surface area contributed by atoms with Crippen LogP contribution in [0.4, 0.5) is 0 Å². The quantitative estimate of drug-likeness (QED) is 0.903. The average Bonchev–Trinajstić information content (AvgIpc) is 3.05. The van der Waals surface area contributed by atoms with Crippen molar-refractivity contribution in [3.05, 3.63) is 36.1 Å². The second-order valence-electron chi connectivity index (χ2n) is 7.14. The van der Waals surface area contributed by atoms with Gasteiger partial charge in [-0.25, -0.2) is 0 Å². The van der Waals surface area contributed by atoms with Gasteiger partial charge in [0.2, 0.25) is 5.91 Å². The minimum absolute atomic E-state index is 0.0508. The van der Waals surface area contributed by atoms with Crippen LogP contribution < -0.4 is 5.32 Å². The van der Waals surface area contributed by atoms with Crippen molar-refractivity contribution in [1.82, 2.24) is 10.2 Å². The molecule has 1 aromatic heterocycles. The number of hydrogen-bond donors (Lipinski definition) is 1. The molecule has 1 aliphatic rings. The van der Waals surface area contributed by atoms with Crippen LogP contribution in [-0.2, 0) is 4.79 Å². The van der Waals surface area contributed by atoms with Crippen molar-refractivity contribution >= 4 is 16.9 Å². The number of furan rings is 1. The predicted molar refractivity (Wildman–Crippen MR) is 96.8 cm³/mol. The number of piperidine rings is 1. The van der Waals surface area contributed by atoms with E-state index in [1.54, 1.807) is 0 Å². The highest BCUT2D eigenvalue weighted by atomic mass is 16.3. The number of nitrogens with one attached hydrogen (secondary N) is 1. The Balaban J connectivity index is 1.63. The molecular formula is C20H28N2O2. The Kier molecular flexibility index (Phi) is 5.24. The molecule has 2 unspecified atom stereocenters. The van der Waals surface area contributed by atoms with Crippen LogP contribution in [0.5, 0.6) is 0 Å². The van der Waals surface area contributed by atoms with E-state index in [0.29, 0.717) is 18.3 Å². The lowest BCUT2D eigenvalue weighted by Gasteiger charge is -2.30. The van der Waals surface area contributed by atoms with Crippen LogP contribution in [0, 0.1) is 11.8 Å². The van der Waals surface area contributed by atoms with Crippen LogP contribution >= 0.6 is 0 Å². The van der Waals surface area contributed by atoms with Gasteiger partial charge >= 0.3 is 0 Å². The number of carbonyl (C=O) groups excluding carboxylic acids is 1. The Morgan fingerprint density at radius 2 is 2.00 bits per heavy atom. The summed E-state index contributed by atoms with van der Waals surface area (Å²) in [6, 6.07) is 9.96. The van der Waals surface area contributed by atoms with Gasteiger partial charge in [0.1, 0.15) is 11.3 Å². The van der Waals surface area contributed by atoms with E-state index >= 15 is 0 Å². The molecule has 1 saturated heterocycles. The van der Waals surface area contributed by atoms with Gasteiger partial charge < -0.3 is 14.6 Å². The molecule has 1 aliphatic heterocycles. The summed E-state index contributed by atoms with van der Waals surface area (Å²) in [4.78, 5) is 14.5. The minimum Gasteiger partial charge on any atom is -0.459 e. The lowest BCUT2D eigenvalue weighted by Crippen LogP contribution is -2.35. The second-order valence-corrected chi connectivity index (χ2v) is 7.14. The predicted octanol–water partition coefficient (Wildman–Crippen LogP) is 3.98. The molecule has 0 spiro atoms. The molecule has 2 aromatic rings. The first kappa shape index (κ1) is 17.0. The lowest BCUT2D eigenvalue weighted by molar-refractivity contribution is -0.133. The number of amides is 1. The maximum Gasteiger partial charge on any atom is 0.223 e. The Bertz CT molecular complexity index is 655. The van der Waals surface area contributed by atoms with Gasteiger partial charge in [0.05, 0.1) is 6.04 Å². The van der Waals surface area contributed by atoms with E-state index in [1.165, 1.54) is 12.8 Å². The summed E-state index contributed by atoms with van der Waals surface area (Å²) in [5.74, 6) is 2.14. The summed E-state index contributed by atoms with van der Waals surface area (Å²) in [5.41, 5.74) is 0.878. The monoisotopic (exact) mass is 328 g/mol. The summed E-state index contributed by atoms with van der Waals surface area (Å²) in [6.45, 7) is 6.40. The van der Waals surface area contributed by atoms with Gasteiger partial charge in [-0.2, -0.15) is 0 Å². The molecule has 1 fully saturated rings. The SMILES string of the molecule is CC(CC(=O)N(C)C(C)c1cc2ccccc2o1)C1CCNCC1. The molecule has 1 N–H and O–H groups in total. The highest BCUT2D eigenvalue weighted by molar-refractivity contribution is 5.79. The van der Waals surface area contributed by atoms with Gasteiger partial charge in [-0.15, -0.1) is 0 Å². The van der Waals surface area contributed by atoms with Gasteiger partial charge in [-0.05, 0) is 56.8 Å². The molecule has 130 valence electrons. The molecule has 3 rings (SSSR count). The molecule has 24 heavy (non-hydrogen) atoms. The van der Waals surface area contributed by atoms with E-state index < -0.39 is 0 Å². The van der Waals surface area contributed by atoms with E-state index in [9.17, 15) is 4.79 Å². The third kappa shape index (κ3) is 3.64. The van der Waals surface area contributed by atoms with Crippen molar-refractivity contribution in [3.63, 3.8) is 0 Å². The van der Waals surface area contributed by atoms with Gasteiger partial charge in [0.25, 0.3) is 0 Å². The molecule has 4 nitrogen and oxygen atoms in total. The maximum absolute atomic E-state index is 12.7. The third-order valence-electron chi connectivity index (χ3n) is 5.52. The lowest BCUT2D eigenvalue weighted by atomic mass is 9.84. The molecular weight excluding hydrogens is 300 g/mol. The fourth-order valence-corrected chi connectivity index (χ4v) is 3.61. The smallest absolute Gasteiger partial charge is 0.223 e. The fraction of sp³-hybridized carbons (Fsp3) is 0.550. The number of hydrogen-bond acceptors (Lipinski definition) is 3. The van der Waals surface area contributed by atoms with Gasteiger partial charge in [0.15, 0.2) is 0 Å². The molecule has 4 heteroatoms. The number of para-hydroxylation sites is 1. The van der Waals surface area contributed by atoms with Crippen LogP contribution in [0.2, 0.25) is 0 Å². The number of carbonyl (C=O) groups is 1. The van der Waals surface area contributed by atoms with E-state index in [2.05, 4.69) is 12.2 Å². The van der Waals surface area contributed by atoms with Crippen molar-refractivity contribution in [3.8, 4) is 0 Å². The van der Waals surface area contributed by atoms with Crippen molar-refractivity contribution in [1.29, 1.82) is 0 Å². The van der Waals surface area contributed by atoms with Crippen LogP contribution in [0.3, 0.4) is 0 Å². The first-order chi connectivity index (χ1) is 11.6. The first-order valence-corrected chi connectivity index (χ1v) is 9.01. The van der Waals surface area contributed by atoms with E-state index in [0.717, 1.165) is 29.8 Å². The van der Waals surface area contributed by atoms with Gasteiger partial charge in [-0.1, -0.05) is 25.1 Å². The second kappa shape index (κ2) is 7.39. The highest BCUT2D eigenvalue weighted by Crippen LogP contribution is 2.29. The van der Waals surface area contributed by atoms with Crippen LogP contribution in [-0.4, -0.2) is 30.9 Å². The summed E-state index contributed by atoms with van der Waals surface area (Å²) in [5, 5.41) is 4.48. The maximum atomic E-state index is 12.7. The average molecular weight is 328 g/mol.